The minimum atomic E-state index is 0.631. The summed E-state index contributed by atoms with van der Waals surface area (Å²) >= 11 is 0. The molecule has 1 aromatic heterocycles. The Kier molecular flexibility index (Phi) is 2.03. The molecule has 0 saturated heterocycles. The van der Waals surface area contributed by atoms with Gasteiger partial charge in [0, 0.05) is 29.7 Å². The highest BCUT2D eigenvalue weighted by molar-refractivity contribution is 5.83. The van der Waals surface area contributed by atoms with Crippen LogP contribution in [0.25, 0.3) is 10.9 Å². The molecule has 1 heterocycles. The Bertz CT molecular complexity index is 480. The van der Waals surface area contributed by atoms with Crippen LogP contribution < -0.4 is 5.73 Å². The van der Waals surface area contributed by atoms with Crippen molar-refractivity contribution in [3.8, 4) is 0 Å². The predicted octanol–water partition coefficient (Wildman–Crippen LogP) is 2.83. The van der Waals surface area contributed by atoms with Crippen molar-refractivity contribution in [2.24, 2.45) is 5.73 Å². The van der Waals surface area contributed by atoms with Crippen molar-refractivity contribution in [1.29, 1.82) is 0 Å². The van der Waals surface area contributed by atoms with Crippen molar-refractivity contribution >= 4 is 10.9 Å². The third-order valence-electron chi connectivity index (χ3n) is 3.54. The zero-order valence-electron chi connectivity index (χ0n) is 8.82. The van der Waals surface area contributed by atoms with Crippen LogP contribution in [0.2, 0.25) is 0 Å². The summed E-state index contributed by atoms with van der Waals surface area (Å²) in [5.74, 6) is 0. The van der Waals surface area contributed by atoms with Crippen molar-refractivity contribution in [2.45, 2.75) is 31.8 Å². The number of benzene rings is 1. The molecule has 2 nitrogen and oxygen atoms in total. The Labute approximate surface area is 89.7 Å². The van der Waals surface area contributed by atoms with E-state index in [4.69, 9.17) is 5.73 Å². The van der Waals surface area contributed by atoms with Gasteiger partial charge in [-0.1, -0.05) is 12.1 Å². The van der Waals surface area contributed by atoms with Gasteiger partial charge in [0.05, 0.1) is 0 Å². The summed E-state index contributed by atoms with van der Waals surface area (Å²) in [6, 6.07) is 9.37. The lowest BCUT2D eigenvalue weighted by Gasteiger charge is -2.28. The molecule has 2 aromatic rings. The Morgan fingerprint density at radius 1 is 1.27 bits per heavy atom. The Morgan fingerprint density at radius 3 is 2.80 bits per heavy atom. The zero-order chi connectivity index (χ0) is 10.3. The van der Waals surface area contributed by atoms with Crippen LogP contribution in [0.4, 0.5) is 0 Å². The first kappa shape index (κ1) is 8.98. The van der Waals surface area contributed by atoms with Gasteiger partial charge in [-0.25, -0.2) is 0 Å². The average molecular weight is 200 g/mol. The van der Waals surface area contributed by atoms with Gasteiger partial charge in [0.25, 0.3) is 0 Å². The third-order valence-corrected chi connectivity index (χ3v) is 3.54. The lowest BCUT2D eigenvalue weighted by molar-refractivity contribution is 0.321. The molecule has 0 radical (unpaired) electrons. The van der Waals surface area contributed by atoms with E-state index in [9.17, 15) is 0 Å². The van der Waals surface area contributed by atoms with E-state index in [0.717, 1.165) is 6.04 Å². The quantitative estimate of drug-likeness (QED) is 0.794. The van der Waals surface area contributed by atoms with Gasteiger partial charge in [-0.15, -0.1) is 0 Å². The van der Waals surface area contributed by atoms with E-state index < -0.39 is 0 Å². The van der Waals surface area contributed by atoms with Gasteiger partial charge in [0.1, 0.15) is 0 Å². The second-order valence-electron chi connectivity index (χ2n) is 4.36. The fourth-order valence-electron chi connectivity index (χ4n) is 2.41. The summed E-state index contributed by atoms with van der Waals surface area (Å²) in [6.07, 6.45) is 6.25. The van der Waals surface area contributed by atoms with Crippen molar-refractivity contribution in [3.63, 3.8) is 0 Å². The lowest BCUT2D eigenvalue weighted by Crippen LogP contribution is -2.15. The maximum Gasteiger partial charge on any atom is 0.0486 e. The first-order valence-electron chi connectivity index (χ1n) is 5.68. The maximum absolute atomic E-state index is 5.74. The van der Waals surface area contributed by atoms with Crippen LogP contribution in [0.15, 0.2) is 30.5 Å². The molecule has 3 rings (SSSR count). The van der Waals surface area contributed by atoms with Crippen molar-refractivity contribution < 1.29 is 0 Å². The number of aromatic nitrogens is 1. The van der Waals surface area contributed by atoms with Crippen LogP contribution in [0, 0.1) is 0 Å². The number of nitrogens with zero attached hydrogens (tertiary/aromatic N) is 1. The van der Waals surface area contributed by atoms with E-state index in [1.807, 2.05) is 0 Å². The second kappa shape index (κ2) is 3.38. The molecule has 1 aliphatic rings. The van der Waals surface area contributed by atoms with Crippen LogP contribution >= 0.6 is 0 Å². The average Bonchev–Trinajstić information content (AvgIpc) is 2.59. The molecule has 2 heteroatoms. The van der Waals surface area contributed by atoms with E-state index in [1.165, 1.54) is 35.7 Å². The zero-order valence-corrected chi connectivity index (χ0v) is 8.82. The highest BCUT2D eigenvalue weighted by Crippen LogP contribution is 2.35. The van der Waals surface area contributed by atoms with Gasteiger partial charge in [-0.2, -0.15) is 0 Å². The Hall–Kier alpha value is -1.28. The topological polar surface area (TPSA) is 30.9 Å². The molecule has 1 aliphatic carbocycles. The molecule has 15 heavy (non-hydrogen) atoms. The predicted molar refractivity (Wildman–Crippen MR) is 62.7 cm³/mol. The Morgan fingerprint density at radius 2 is 2.13 bits per heavy atom. The molecule has 0 atom stereocenters. The fraction of sp³-hybridized carbons (Fsp3) is 0.385. The first-order chi connectivity index (χ1) is 7.40. The molecular weight excluding hydrogens is 184 g/mol. The van der Waals surface area contributed by atoms with Gasteiger partial charge in [-0.05, 0) is 37.0 Å². The van der Waals surface area contributed by atoms with Crippen molar-refractivity contribution in [1.82, 2.24) is 4.57 Å². The van der Waals surface area contributed by atoms with E-state index in [0.29, 0.717) is 6.54 Å². The van der Waals surface area contributed by atoms with E-state index >= 15 is 0 Å². The molecule has 1 fully saturated rings. The molecule has 78 valence electrons. The molecule has 1 saturated carbocycles. The number of hydrogen-bond donors (Lipinski definition) is 1. The van der Waals surface area contributed by atoms with Gasteiger partial charge in [0.2, 0.25) is 0 Å². The normalized spacial score (nSPS) is 16.9. The summed E-state index contributed by atoms with van der Waals surface area (Å²) < 4.78 is 2.41. The largest absolute Gasteiger partial charge is 0.344 e. The van der Waals surface area contributed by atoms with Crippen LogP contribution in [0.1, 0.15) is 30.9 Å². The minimum Gasteiger partial charge on any atom is -0.344 e. The van der Waals surface area contributed by atoms with E-state index in [1.54, 1.807) is 0 Å². The molecule has 0 spiro atoms. The number of fused-ring (bicyclic) bond motifs is 1. The molecule has 0 aliphatic heterocycles. The SMILES string of the molecule is NCc1cccc2c1ccn2C1CCC1. The van der Waals surface area contributed by atoms with Gasteiger partial charge >= 0.3 is 0 Å². The van der Waals surface area contributed by atoms with Gasteiger partial charge in [0.15, 0.2) is 0 Å². The highest BCUT2D eigenvalue weighted by atomic mass is 15.0. The van der Waals surface area contributed by atoms with E-state index in [2.05, 4.69) is 35.0 Å². The number of nitrogens with two attached hydrogens (primary N) is 1. The summed E-state index contributed by atoms with van der Waals surface area (Å²) in [5.41, 5.74) is 8.34. The second-order valence-corrected chi connectivity index (χ2v) is 4.36. The molecule has 0 amide bonds. The molecular formula is C13H16N2. The monoisotopic (exact) mass is 200 g/mol. The van der Waals surface area contributed by atoms with Crippen molar-refractivity contribution in [2.75, 3.05) is 0 Å². The first-order valence-corrected chi connectivity index (χ1v) is 5.68. The van der Waals surface area contributed by atoms with Gasteiger partial charge < -0.3 is 10.3 Å². The summed E-state index contributed by atoms with van der Waals surface area (Å²) in [4.78, 5) is 0. The number of hydrogen-bond acceptors (Lipinski definition) is 1. The molecule has 0 bridgehead atoms. The molecule has 2 N–H and O–H groups in total. The Balaban J connectivity index is 2.16. The standard InChI is InChI=1S/C13H16N2/c14-9-10-3-1-6-13-12(10)7-8-15(13)11-4-2-5-11/h1,3,6-8,11H,2,4-5,9,14H2. The third kappa shape index (κ3) is 1.29. The van der Waals surface area contributed by atoms with Crippen LogP contribution in [-0.4, -0.2) is 4.57 Å². The fourth-order valence-corrected chi connectivity index (χ4v) is 2.41. The van der Waals surface area contributed by atoms with Gasteiger partial charge in [-0.3, -0.25) is 0 Å². The summed E-state index contributed by atoms with van der Waals surface area (Å²) in [5, 5.41) is 1.33. The van der Waals surface area contributed by atoms with Crippen LogP contribution in [0.3, 0.4) is 0 Å². The van der Waals surface area contributed by atoms with Crippen LogP contribution in [-0.2, 0) is 6.54 Å². The summed E-state index contributed by atoms with van der Waals surface area (Å²) in [6.45, 7) is 0.631. The highest BCUT2D eigenvalue weighted by Gasteiger charge is 2.20. The minimum absolute atomic E-state index is 0.631. The van der Waals surface area contributed by atoms with E-state index in [-0.39, 0.29) is 0 Å². The maximum atomic E-state index is 5.74. The van der Waals surface area contributed by atoms with Crippen LogP contribution in [0.5, 0.6) is 0 Å². The molecule has 1 aromatic carbocycles. The smallest absolute Gasteiger partial charge is 0.0486 e. The van der Waals surface area contributed by atoms with Crippen molar-refractivity contribution in [3.05, 3.63) is 36.0 Å². The lowest BCUT2D eigenvalue weighted by atomic mass is 9.93. The summed E-state index contributed by atoms with van der Waals surface area (Å²) in [7, 11) is 0. The number of rotatable bonds is 2. The molecule has 0 unspecified atom stereocenters.